The highest BCUT2D eigenvalue weighted by Gasteiger charge is 2.25. The zero-order valence-corrected chi connectivity index (χ0v) is 28.3. The number of rotatable bonds is 17. The standard InChI is InChI=1S/C41H49N3O3/c1-5-43(6-2)25-15-16-31(3)42-41(45)27-36(34-23-24-39(40(26-34)46-4)47-30-33-19-11-8-12-20-33)37-29-44(28-32-17-9-7-10-18-32)38-22-14-13-21-35(37)38/h7-14,17-24,26,29,31,36H,5-6,15-16,25,27-28,30H2,1-4H3,(H,42,45)/t31-,36-/m1/s1. The molecule has 0 radical (unpaired) electrons. The van der Waals surface area contributed by atoms with Crippen molar-refractivity contribution in [1.82, 2.24) is 14.8 Å². The second-order valence-electron chi connectivity index (χ2n) is 12.3. The van der Waals surface area contributed by atoms with Gasteiger partial charge in [-0.2, -0.15) is 0 Å². The van der Waals surface area contributed by atoms with Gasteiger partial charge < -0.3 is 24.3 Å². The number of para-hydroxylation sites is 1. The maximum atomic E-state index is 13.8. The molecule has 0 bridgehead atoms. The summed E-state index contributed by atoms with van der Waals surface area (Å²) in [5.74, 6) is 1.20. The Morgan fingerprint density at radius 3 is 2.23 bits per heavy atom. The maximum absolute atomic E-state index is 13.8. The Balaban J connectivity index is 1.44. The molecule has 4 aromatic carbocycles. The van der Waals surface area contributed by atoms with Crippen LogP contribution in [0.15, 0.2) is 109 Å². The number of hydrogen-bond acceptors (Lipinski definition) is 4. The molecule has 2 atom stereocenters. The minimum Gasteiger partial charge on any atom is -0.493 e. The van der Waals surface area contributed by atoms with E-state index in [1.54, 1.807) is 7.11 Å². The number of benzene rings is 4. The van der Waals surface area contributed by atoms with E-state index >= 15 is 0 Å². The molecule has 246 valence electrons. The van der Waals surface area contributed by atoms with E-state index in [0.717, 1.165) is 66.6 Å². The van der Waals surface area contributed by atoms with Gasteiger partial charge in [-0.15, -0.1) is 0 Å². The van der Waals surface area contributed by atoms with Crippen molar-refractivity contribution in [3.63, 3.8) is 0 Å². The van der Waals surface area contributed by atoms with Gasteiger partial charge in [-0.05, 0) is 79.9 Å². The molecule has 1 aromatic heterocycles. The summed E-state index contributed by atoms with van der Waals surface area (Å²) in [5.41, 5.74) is 5.61. The minimum absolute atomic E-state index is 0.0496. The quantitative estimate of drug-likeness (QED) is 0.112. The molecule has 47 heavy (non-hydrogen) atoms. The third kappa shape index (κ3) is 9.05. The summed E-state index contributed by atoms with van der Waals surface area (Å²) in [5, 5.41) is 4.46. The number of ether oxygens (including phenoxy) is 2. The SMILES string of the molecule is CCN(CC)CCC[C@@H](C)NC(=O)C[C@H](c1ccc(OCc2ccccc2)c(OC)c1)c1cn(Cc2ccccc2)c2ccccc12. The molecule has 0 spiro atoms. The second-order valence-corrected chi connectivity index (χ2v) is 12.3. The van der Waals surface area contributed by atoms with Crippen molar-refractivity contribution < 1.29 is 14.3 Å². The van der Waals surface area contributed by atoms with Gasteiger partial charge in [0.25, 0.3) is 0 Å². The number of amides is 1. The van der Waals surface area contributed by atoms with Crippen molar-refractivity contribution in [3.05, 3.63) is 132 Å². The molecule has 5 rings (SSSR count). The lowest BCUT2D eigenvalue weighted by Gasteiger charge is -2.22. The second kappa shape index (κ2) is 16.8. The van der Waals surface area contributed by atoms with Crippen LogP contribution in [0.4, 0.5) is 0 Å². The van der Waals surface area contributed by atoms with Crippen molar-refractivity contribution >= 4 is 16.8 Å². The number of nitrogens with zero attached hydrogens (tertiary/aromatic N) is 2. The Kier molecular flexibility index (Phi) is 12.1. The van der Waals surface area contributed by atoms with Crippen LogP contribution in [0.25, 0.3) is 10.9 Å². The number of hydrogen-bond donors (Lipinski definition) is 1. The first kappa shape index (κ1) is 33.8. The van der Waals surface area contributed by atoms with Crippen molar-refractivity contribution in [2.75, 3.05) is 26.7 Å². The lowest BCUT2D eigenvalue weighted by Crippen LogP contribution is -2.34. The average molecular weight is 632 g/mol. The van der Waals surface area contributed by atoms with Crippen LogP contribution in [0.2, 0.25) is 0 Å². The fourth-order valence-electron chi connectivity index (χ4n) is 6.38. The Labute approximate surface area is 280 Å². The first-order chi connectivity index (χ1) is 23.0. The summed E-state index contributed by atoms with van der Waals surface area (Å²) in [6, 6.07) is 35.3. The molecular formula is C41H49N3O3. The zero-order valence-electron chi connectivity index (χ0n) is 28.3. The summed E-state index contributed by atoms with van der Waals surface area (Å²) in [6.07, 6.45) is 4.56. The lowest BCUT2D eigenvalue weighted by molar-refractivity contribution is -0.121. The summed E-state index contributed by atoms with van der Waals surface area (Å²) < 4.78 is 14.3. The van der Waals surface area contributed by atoms with Crippen molar-refractivity contribution in [3.8, 4) is 11.5 Å². The number of carbonyl (C=O) groups is 1. The molecule has 1 N–H and O–H groups in total. The smallest absolute Gasteiger partial charge is 0.221 e. The average Bonchev–Trinajstić information content (AvgIpc) is 3.46. The Bertz CT molecular complexity index is 1700. The predicted molar refractivity (Wildman–Crippen MR) is 192 cm³/mol. The van der Waals surface area contributed by atoms with E-state index in [4.69, 9.17) is 9.47 Å². The van der Waals surface area contributed by atoms with E-state index in [0.29, 0.717) is 24.5 Å². The zero-order chi connectivity index (χ0) is 33.0. The molecule has 0 aliphatic heterocycles. The first-order valence-corrected chi connectivity index (χ1v) is 17.0. The van der Waals surface area contributed by atoms with E-state index < -0.39 is 0 Å². The summed E-state index contributed by atoms with van der Waals surface area (Å²) in [7, 11) is 1.67. The highest BCUT2D eigenvalue weighted by atomic mass is 16.5. The van der Waals surface area contributed by atoms with Crippen molar-refractivity contribution in [2.24, 2.45) is 0 Å². The molecule has 0 fully saturated rings. The van der Waals surface area contributed by atoms with Crippen LogP contribution >= 0.6 is 0 Å². The van der Waals surface area contributed by atoms with E-state index in [1.807, 2.05) is 48.5 Å². The predicted octanol–water partition coefficient (Wildman–Crippen LogP) is 8.43. The molecule has 1 heterocycles. The van der Waals surface area contributed by atoms with Gasteiger partial charge in [-0.3, -0.25) is 4.79 Å². The van der Waals surface area contributed by atoms with Gasteiger partial charge in [0.15, 0.2) is 11.5 Å². The highest BCUT2D eigenvalue weighted by Crippen LogP contribution is 2.39. The van der Waals surface area contributed by atoms with E-state index in [2.05, 4.69) is 96.3 Å². The largest absolute Gasteiger partial charge is 0.493 e. The summed E-state index contributed by atoms with van der Waals surface area (Å²) >= 11 is 0. The molecule has 0 aliphatic carbocycles. The van der Waals surface area contributed by atoms with Gasteiger partial charge in [-0.25, -0.2) is 0 Å². The molecule has 0 unspecified atom stereocenters. The number of carbonyl (C=O) groups excluding carboxylic acids is 1. The van der Waals surface area contributed by atoms with Gasteiger partial charge >= 0.3 is 0 Å². The van der Waals surface area contributed by atoms with Crippen molar-refractivity contribution in [2.45, 2.75) is 65.1 Å². The van der Waals surface area contributed by atoms with Crippen LogP contribution in [0.1, 0.15) is 68.2 Å². The number of nitrogens with one attached hydrogen (secondary N) is 1. The van der Waals surface area contributed by atoms with Crippen molar-refractivity contribution in [1.29, 1.82) is 0 Å². The third-order valence-corrected chi connectivity index (χ3v) is 9.02. The third-order valence-electron chi connectivity index (χ3n) is 9.02. The molecule has 1 amide bonds. The first-order valence-electron chi connectivity index (χ1n) is 17.0. The van der Waals surface area contributed by atoms with Gasteiger partial charge in [0, 0.05) is 42.0 Å². The molecule has 0 saturated heterocycles. The highest BCUT2D eigenvalue weighted by molar-refractivity contribution is 5.87. The van der Waals surface area contributed by atoms with E-state index in [1.165, 1.54) is 5.56 Å². The molecule has 5 aromatic rings. The van der Waals surface area contributed by atoms with Crippen LogP contribution in [0.5, 0.6) is 11.5 Å². The van der Waals surface area contributed by atoms with Gasteiger partial charge in [0.1, 0.15) is 6.61 Å². The minimum atomic E-state index is -0.183. The van der Waals surface area contributed by atoms with Crippen LogP contribution in [-0.2, 0) is 17.9 Å². The maximum Gasteiger partial charge on any atom is 0.221 e. The topological polar surface area (TPSA) is 55.7 Å². The van der Waals surface area contributed by atoms with Crippen LogP contribution in [0, 0.1) is 0 Å². The molecule has 0 aliphatic rings. The van der Waals surface area contributed by atoms with E-state index in [9.17, 15) is 4.79 Å². The normalized spacial score (nSPS) is 12.6. The number of methoxy groups -OCH3 is 1. The van der Waals surface area contributed by atoms with E-state index in [-0.39, 0.29) is 17.9 Å². The van der Waals surface area contributed by atoms with Gasteiger partial charge in [0.05, 0.1) is 7.11 Å². The molecular weight excluding hydrogens is 582 g/mol. The Hall–Kier alpha value is -4.55. The Morgan fingerprint density at radius 1 is 0.851 bits per heavy atom. The summed E-state index contributed by atoms with van der Waals surface area (Å²) in [6.45, 7) is 10.9. The fourth-order valence-corrected chi connectivity index (χ4v) is 6.38. The molecule has 6 heteroatoms. The van der Waals surface area contributed by atoms with Crippen LogP contribution in [0.3, 0.4) is 0 Å². The van der Waals surface area contributed by atoms with Gasteiger partial charge in [-0.1, -0.05) is 98.8 Å². The number of aromatic nitrogens is 1. The number of fused-ring (bicyclic) bond motifs is 1. The van der Waals surface area contributed by atoms with Crippen LogP contribution in [-0.4, -0.2) is 48.2 Å². The fraction of sp³-hybridized carbons (Fsp3) is 0.341. The van der Waals surface area contributed by atoms with Gasteiger partial charge in [0.2, 0.25) is 5.91 Å². The lowest BCUT2D eigenvalue weighted by atomic mass is 9.87. The Morgan fingerprint density at radius 2 is 1.53 bits per heavy atom. The monoisotopic (exact) mass is 631 g/mol. The summed E-state index contributed by atoms with van der Waals surface area (Å²) in [4.78, 5) is 16.2. The van der Waals surface area contributed by atoms with Crippen LogP contribution < -0.4 is 14.8 Å². The molecule has 6 nitrogen and oxygen atoms in total. The molecule has 0 saturated carbocycles.